The Morgan fingerprint density at radius 2 is 1.86 bits per heavy atom. The van der Waals surface area contributed by atoms with E-state index >= 15 is 0 Å². The lowest BCUT2D eigenvalue weighted by molar-refractivity contribution is 0.0747. The molecule has 22 heavy (non-hydrogen) atoms. The van der Waals surface area contributed by atoms with Gasteiger partial charge in [0, 0.05) is 20.1 Å². The molecule has 3 heterocycles. The van der Waals surface area contributed by atoms with Gasteiger partial charge in [0.15, 0.2) is 0 Å². The van der Waals surface area contributed by atoms with E-state index in [1.807, 2.05) is 18.0 Å². The molecule has 0 bridgehead atoms. The first-order valence-electron chi connectivity index (χ1n) is 8.10. The first-order valence-corrected chi connectivity index (χ1v) is 8.10. The molecule has 2 aliphatic rings. The Labute approximate surface area is 138 Å². The SMILES string of the molecule is CC(C)c1cc(C(=O)N2CC[C@@H]3CNC[C@@H]3CC2)n(C)n1.Cl. The molecule has 3 rings (SSSR count). The predicted molar refractivity (Wildman–Crippen MR) is 89.5 cm³/mol. The molecule has 2 saturated heterocycles. The number of aromatic nitrogens is 2. The third-order valence-corrected chi connectivity index (χ3v) is 5.02. The maximum absolute atomic E-state index is 12.8. The summed E-state index contributed by atoms with van der Waals surface area (Å²) in [4.78, 5) is 14.8. The smallest absolute Gasteiger partial charge is 0.272 e. The maximum Gasteiger partial charge on any atom is 0.272 e. The fourth-order valence-electron chi connectivity index (χ4n) is 3.55. The number of likely N-dealkylation sites (tertiary alicyclic amines) is 1. The van der Waals surface area contributed by atoms with Crippen LogP contribution in [0.1, 0.15) is 48.8 Å². The Morgan fingerprint density at radius 3 is 2.36 bits per heavy atom. The van der Waals surface area contributed by atoms with E-state index in [0.29, 0.717) is 5.92 Å². The molecule has 1 aromatic rings. The van der Waals surface area contributed by atoms with Crippen LogP contribution < -0.4 is 5.32 Å². The average Bonchev–Trinajstić information content (AvgIpc) is 3.00. The van der Waals surface area contributed by atoms with Crippen LogP contribution in [0.4, 0.5) is 0 Å². The zero-order chi connectivity index (χ0) is 15.0. The Balaban J connectivity index is 0.00000176. The number of nitrogens with one attached hydrogen (secondary N) is 1. The minimum Gasteiger partial charge on any atom is -0.337 e. The molecule has 5 nitrogen and oxygen atoms in total. The fourth-order valence-corrected chi connectivity index (χ4v) is 3.55. The quantitative estimate of drug-likeness (QED) is 0.904. The monoisotopic (exact) mass is 326 g/mol. The first kappa shape index (κ1) is 17.3. The van der Waals surface area contributed by atoms with E-state index < -0.39 is 0 Å². The standard InChI is InChI=1S/C16H26N4O.ClH/c1-11(2)14-8-15(19(3)18-14)16(21)20-6-4-12-9-17-10-13(12)5-7-20;/h8,11-13,17H,4-7,9-10H2,1-3H3;1H/t12-,13+;. The molecule has 6 heteroatoms. The Bertz CT molecular complexity index is 514. The number of aryl methyl sites for hydroxylation is 1. The molecule has 0 radical (unpaired) electrons. The van der Waals surface area contributed by atoms with Crippen LogP contribution in [0.2, 0.25) is 0 Å². The van der Waals surface area contributed by atoms with Crippen molar-refractivity contribution in [1.29, 1.82) is 0 Å². The van der Waals surface area contributed by atoms with E-state index in [0.717, 1.165) is 62.2 Å². The van der Waals surface area contributed by atoms with Crippen LogP contribution in [-0.2, 0) is 7.05 Å². The van der Waals surface area contributed by atoms with Crippen molar-refractivity contribution in [2.75, 3.05) is 26.2 Å². The molecular formula is C16H27ClN4O. The molecule has 0 aromatic carbocycles. The summed E-state index contributed by atoms with van der Waals surface area (Å²) in [6, 6.07) is 1.96. The summed E-state index contributed by atoms with van der Waals surface area (Å²) in [7, 11) is 1.87. The Hall–Kier alpha value is -1.07. The summed E-state index contributed by atoms with van der Waals surface area (Å²) in [6.07, 6.45) is 2.25. The van der Waals surface area contributed by atoms with Gasteiger partial charge in [-0.15, -0.1) is 12.4 Å². The number of carbonyl (C=O) groups excluding carboxylic acids is 1. The lowest BCUT2D eigenvalue weighted by atomic mass is 9.92. The van der Waals surface area contributed by atoms with Gasteiger partial charge in [0.1, 0.15) is 5.69 Å². The average molecular weight is 327 g/mol. The van der Waals surface area contributed by atoms with Crippen LogP contribution in [0.15, 0.2) is 6.07 Å². The Kier molecular flexibility index (Phi) is 5.50. The lowest BCUT2D eigenvalue weighted by Crippen LogP contribution is -2.34. The summed E-state index contributed by atoms with van der Waals surface area (Å²) in [5.41, 5.74) is 1.72. The van der Waals surface area contributed by atoms with E-state index in [1.54, 1.807) is 4.68 Å². The second-order valence-corrected chi connectivity index (χ2v) is 6.78. The van der Waals surface area contributed by atoms with Gasteiger partial charge in [-0.1, -0.05) is 13.8 Å². The van der Waals surface area contributed by atoms with E-state index in [2.05, 4.69) is 24.3 Å². The summed E-state index contributed by atoms with van der Waals surface area (Å²) in [6.45, 7) is 8.22. The summed E-state index contributed by atoms with van der Waals surface area (Å²) < 4.78 is 1.74. The van der Waals surface area contributed by atoms with Crippen molar-refractivity contribution in [3.63, 3.8) is 0 Å². The minimum atomic E-state index is 0. The molecule has 124 valence electrons. The summed E-state index contributed by atoms with van der Waals surface area (Å²) in [5, 5.41) is 7.94. The van der Waals surface area contributed by atoms with E-state index in [-0.39, 0.29) is 18.3 Å². The van der Waals surface area contributed by atoms with Crippen molar-refractivity contribution < 1.29 is 4.79 Å². The van der Waals surface area contributed by atoms with Gasteiger partial charge >= 0.3 is 0 Å². The van der Waals surface area contributed by atoms with Crippen LogP contribution in [-0.4, -0.2) is 46.8 Å². The molecule has 0 unspecified atom stereocenters. The number of carbonyl (C=O) groups is 1. The minimum absolute atomic E-state index is 0. The molecule has 2 atom stereocenters. The molecule has 1 aromatic heterocycles. The number of nitrogens with zero attached hydrogens (tertiary/aromatic N) is 3. The van der Waals surface area contributed by atoms with Crippen molar-refractivity contribution in [3.8, 4) is 0 Å². The van der Waals surface area contributed by atoms with Crippen molar-refractivity contribution in [3.05, 3.63) is 17.5 Å². The van der Waals surface area contributed by atoms with Crippen LogP contribution in [0.5, 0.6) is 0 Å². The highest BCUT2D eigenvalue weighted by Crippen LogP contribution is 2.27. The predicted octanol–water partition coefficient (Wildman–Crippen LogP) is 2.04. The number of amides is 1. The van der Waals surface area contributed by atoms with Crippen molar-refractivity contribution in [2.24, 2.45) is 18.9 Å². The molecule has 2 fully saturated rings. The molecule has 0 saturated carbocycles. The van der Waals surface area contributed by atoms with E-state index in [1.165, 1.54) is 0 Å². The molecular weight excluding hydrogens is 300 g/mol. The largest absolute Gasteiger partial charge is 0.337 e. The number of rotatable bonds is 2. The highest BCUT2D eigenvalue weighted by atomic mass is 35.5. The normalized spacial score (nSPS) is 24.8. The highest BCUT2D eigenvalue weighted by Gasteiger charge is 2.32. The van der Waals surface area contributed by atoms with E-state index in [4.69, 9.17) is 0 Å². The summed E-state index contributed by atoms with van der Waals surface area (Å²) in [5.74, 6) is 2.00. The van der Waals surface area contributed by atoms with Crippen molar-refractivity contribution >= 4 is 18.3 Å². The van der Waals surface area contributed by atoms with Crippen molar-refractivity contribution in [2.45, 2.75) is 32.6 Å². The van der Waals surface area contributed by atoms with Crippen molar-refractivity contribution in [1.82, 2.24) is 20.0 Å². The number of fused-ring (bicyclic) bond motifs is 1. The molecule has 0 aliphatic carbocycles. The number of hydrogen-bond donors (Lipinski definition) is 1. The second-order valence-electron chi connectivity index (χ2n) is 6.78. The maximum atomic E-state index is 12.8. The highest BCUT2D eigenvalue weighted by molar-refractivity contribution is 5.92. The zero-order valence-corrected chi connectivity index (χ0v) is 14.5. The van der Waals surface area contributed by atoms with Gasteiger partial charge in [-0.05, 0) is 49.8 Å². The number of hydrogen-bond acceptors (Lipinski definition) is 3. The molecule has 1 N–H and O–H groups in total. The van der Waals surface area contributed by atoms with Crippen LogP contribution >= 0.6 is 12.4 Å². The van der Waals surface area contributed by atoms with Gasteiger partial charge in [0.05, 0.1) is 5.69 Å². The van der Waals surface area contributed by atoms with Crippen LogP contribution in [0.3, 0.4) is 0 Å². The topological polar surface area (TPSA) is 50.2 Å². The zero-order valence-electron chi connectivity index (χ0n) is 13.7. The van der Waals surface area contributed by atoms with Crippen LogP contribution in [0, 0.1) is 11.8 Å². The fraction of sp³-hybridized carbons (Fsp3) is 0.750. The summed E-state index contributed by atoms with van der Waals surface area (Å²) >= 11 is 0. The molecule has 2 aliphatic heterocycles. The lowest BCUT2D eigenvalue weighted by Gasteiger charge is -2.20. The molecule has 1 amide bonds. The van der Waals surface area contributed by atoms with Gasteiger partial charge in [0.25, 0.3) is 5.91 Å². The molecule has 0 spiro atoms. The third-order valence-electron chi connectivity index (χ3n) is 5.02. The van der Waals surface area contributed by atoms with Gasteiger partial charge in [-0.25, -0.2) is 0 Å². The number of halogens is 1. The van der Waals surface area contributed by atoms with E-state index in [9.17, 15) is 4.79 Å². The first-order chi connectivity index (χ1) is 10.1. The van der Waals surface area contributed by atoms with Gasteiger partial charge in [-0.2, -0.15) is 5.10 Å². The third kappa shape index (κ3) is 3.30. The van der Waals surface area contributed by atoms with Gasteiger partial charge in [0.2, 0.25) is 0 Å². The van der Waals surface area contributed by atoms with Crippen LogP contribution in [0.25, 0.3) is 0 Å². The second kappa shape index (κ2) is 7.01. The van der Waals surface area contributed by atoms with Gasteiger partial charge in [-0.3, -0.25) is 9.48 Å². The van der Waals surface area contributed by atoms with Gasteiger partial charge < -0.3 is 10.2 Å². The Morgan fingerprint density at radius 1 is 1.27 bits per heavy atom.